The summed E-state index contributed by atoms with van der Waals surface area (Å²) in [6.07, 6.45) is 4.01. The number of hydrazone groups is 1. The Balaban J connectivity index is 0.00000176. The van der Waals surface area contributed by atoms with E-state index < -0.39 is 0 Å². The molecule has 0 aliphatic carbocycles. The summed E-state index contributed by atoms with van der Waals surface area (Å²) in [4.78, 5) is 13.9. The van der Waals surface area contributed by atoms with Crippen molar-refractivity contribution in [2.45, 2.75) is 19.8 Å². The Morgan fingerprint density at radius 1 is 1.36 bits per heavy atom. The molecular formula is C16H20ClN3O2. The lowest BCUT2D eigenvalue weighted by Crippen LogP contribution is -2.33. The van der Waals surface area contributed by atoms with Gasteiger partial charge < -0.3 is 4.42 Å². The molecule has 1 saturated heterocycles. The van der Waals surface area contributed by atoms with E-state index in [1.165, 1.54) is 12.8 Å². The first kappa shape index (κ1) is 16.5. The predicted molar refractivity (Wildman–Crippen MR) is 89.6 cm³/mol. The molecule has 6 heteroatoms. The second-order valence-electron chi connectivity index (χ2n) is 5.34. The van der Waals surface area contributed by atoms with Gasteiger partial charge in [-0.05, 0) is 38.9 Å². The van der Waals surface area contributed by atoms with Gasteiger partial charge in [-0.15, -0.1) is 12.4 Å². The van der Waals surface area contributed by atoms with Crippen LogP contribution in [0.15, 0.2) is 33.8 Å². The van der Waals surface area contributed by atoms with Crippen molar-refractivity contribution in [3.63, 3.8) is 0 Å². The van der Waals surface area contributed by atoms with Crippen LogP contribution in [0.25, 0.3) is 11.0 Å². The van der Waals surface area contributed by atoms with Crippen LogP contribution in [0.5, 0.6) is 0 Å². The summed E-state index contributed by atoms with van der Waals surface area (Å²) in [5, 5.41) is 5.06. The van der Waals surface area contributed by atoms with Crippen molar-refractivity contribution in [3.05, 3.63) is 35.6 Å². The summed E-state index contributed by atoms with van der Waals surface area (Å²) in [5.74, 6) is 0.729. The van der Waals surface area contributed by atoms with Crippen LogP contribution in [0, 0.1) is 6.92 Å². The number of furan rings is 1. The van der Waals surface area contributed by atoms with Gasteiger partial charge >= 0.3 is 0 Å². The van der Waals surface area contributed by atoms with Crippen LogP contribution in [0.3, 0.4) is 0 Å². The predicted octanol–water partition coefficient (Wildman–Crippen LogP) is 2.71. The van der Waals surface area contributed by atoms with Crippen LogP contribution < -0.4 is 5.43 Å². The number of carbonyl (C=O) groups excluding carboxylic acids is 1. The Hall–Kier alpha value is -1.85. The molecule has 5 nitrogen and oxygen atoms in total. The maximum atomic E-state index is 11.8. The molecular weight excluding hydrogens is 302 g/mol. The lowest BCUT2D eigenvalue weighted by atomic mass is 10.1. The Morgan fingerprint density at radius 3 is 2.86 bits per heavy atom. The number of amides is 1. The van der Waals surface area contributed by atoms with Gasteiger partial charge in [0.1, 0.15) is 11.3 Å². The molecule has 1 aliphatic heterocycles. The minimum Gasteiger partial charge on any atom is -0.461 e. The lowest BCUT2D eigenvalue weighted by molar-refractivity contribution is -0.121. The minimum absolute atomic E-state index is 0. The summed E-state index contributed by atoms with van der Waals surface area (Å²) in [6.45, 7) is 4.32. The zero-order valence-corrected chi connectivity index (χ0v) is 13.4. The average Bonchev–Trinajstić information content (AvgIpc) is 3.07. The summed E-state index contributed by atoms with van der Waals surface area (Å²) in [7, 11) is 0. The van der Waals surface area contributed by atoms with Gasteiger partial charge in [0.05, 0.1) is 12.8 Å². The van der Waals surface area contributed by atoms with E-state index in [1.807, 2.05) is 31.2 Å². The van der Waals surface area contributed by atoms with E-state index in [-0.39, 0.29) is 18.3 Å². The van der Waals surface area contributed by atoms with Crippen molar-refractivity contribution in [1.29, 1.82) is 0 Å². The van der Waals surface area contributed by atoms with Crippen molar-refractivity contribution in [3.8, 4) is 0 Å². The second kappa shape index (κ2) is 7.42. The zero-order valence-electron chi connectivity index (χ0n) is 12.5. The fraction of sp³-hybridized carbons (Fsp3) is 0.375. The van der Waals surface area contributed by atoms with Crippen molar-refractivity contribution in [2.24, 2.45) is 5.10 Å². The number of para-hydroxylation sites is 1. The van der Waals surface area contributed by atoms with Crippen molar-refractivity contribution < 1.29 is 9.21 Å². The van der Waals surface area contributed by atoms with Crippen LogP contribution in [-0.2, 0) is 4.79 Å². The molecule has 0 atom stereocenters. The zero-order chi connectivity index (χ0) is 14.7. The van der Waals surface area contributed by atoms with E-state index in [4.69, 9.17) is 4.42 Å². The Bertz CT molecular complexity index is 675. The standard InChI is InChI=1S/C16H19N3O2.ClH/c1-12-14(13-6-2-3-7-15(13)21-12)10-17-18-16(20)11-19-8-4-5-9-19;/h2-3,6-7,10H,4-5,8-9,11H2,1H3,(H,18,20);1H/b17-10-;. The molecule has 0 spiro atoms. The van der Waals surface area contributed by atoms with E-state index in [2.05, 4.69) is 15.4 Å². The number of halogens is 1. The average molecular weight is 322 g/mol. The van der Waals surface area contributed by atoms with E-state index in [0.717, 1.165) is 35.4 Å². The van der Waals surface area contributed by atoms with Gasteiger partial charge in [-0.3, -0.25) is 9.69 Å². The first-order valence-corrected chi connectivity index (χ1v) is 7.26. The maximum Gasteiger partial charge on any atom is 0.254 e. The minimum atomic E-state index is -0.0707. The number of rotatable bonds is 4. The van der Waals surface area contributed by atoms with Crippen molar-refractivity contribution >= 4 is 35.5 Å². The first-order valence-electron chi connectivity index (χ1n) is 7.26. The normalized spacial score (nSPS) is 15.3. The highest BCUT2D eigenvalue weighted by Gasteiger charge is 2.14. The van der Waals surface area contributed by atoms with E-state index >= 15 is 0 Å². The summed E-state index contributed by atoms with van der Waals surface area (Å²) in [6, 6.07) is 7.80. The summed E-state index contributed by atoms with van der Waals surface area (Å²) >= 11 is 0. The molecule has 1 aromatic carbocycles. The fourth-order valence-corrected chi connectivity index (χ4v) is 2.70. The SMILES string of the molecule is Cc1oc2ccccc2c1/C=N\NC(=O)CN1CCCC1.Cl. The van der Waals surface area contributed by atoms with Crippen molar-refractivity contribution in [2.75, 3.05) is 19.6 Å². The molecule has 0 unspecified atom stereocenters. The second-order valence-corrected chi connectivity index (χ2v) is 5.34. The van der Waals surface area contributed by atoms with Crippen LogP contribution in [-0.4, -0.2) is 36.7 Å². The third-order valence-corrected chi connectivity index (χ3v) is 3.77. The maximum absolute atomic E-state index is 11.8. The Kier molecular flexibility index (Phi) is 5.57. The largest absolute Gasteiger partial charge is 0.461 e. The molecule has 22 heavy (non-hydrogen) atoms. The van der Waals surface area contributed by atoms with Gasteiger partial charge in [-0.2, -0.15) is 5.10 Å². The first-order chi connectivity index (χ1) is 10.2. The third kappa shape index (κ3) is 3.67. The number of hydrogen-bond donors (Lipinski definition) is 1. The lowest BCUT2D eigenvalue weighted by Gasteiger charge is -2.12. The van der Waals surface area contributed by atoms with Crippen LogP contribution in [0.2, 0.25) is 0 Å². The number of hydrogen-bond acceptors (Lipinski definition) is 4. The van der Waals surface area contributed by atoms with Gasteiger partial charge in [-0.25, -0.2) is 5.43 Å². The molecule has 0 saturated carbocycles. The molecule has 0 bridgehead atoms. The summed E-state index contributed by atoms with van der Waals surface area (Å²) < 4.78 is 5.65. The molecule has 2 heterocycles. The van der Waals surface area contributed by atoms with Gasteiger partial charge in [0.15, 0.2) is 0 Å². The Morgan fingerprint density at radius 2 is 2.09 bits per heavy atom. The number of fused-ring (bicyclic) bond motifs is 1. The van der Waals surface area contributed by atoms with Crippen LogP contribution in [0.1, 0.15) is 24.2 Å². The Labute approximate surface area is 135 Å². The number of likely N-dealkylation sites (tertiary alicyclic amines) is 1. The van der Waals surface area contributed by atoms with Gasteiger partial charge in [-0.1, -0.05) is 18.2 Å². The van der Waals surface area contributed by atoms with Gasteiger partial charge in [0.25, 0.3) is 5.91 Å². The number of aryl methyl sites for hydroxylation is 1. The van der Waals surface area contributed by atoms with Crippen LogP contribution >= 0.6 is 12.4 Å². The molecule has 1 aliphatic rings. The molecule has 2 aromatic rings. The number of benzene rings is 1. The van der Waals surface area contributed by atoms with Gasteiger partial charge in [0, 0.05) is 10.9 Å². The van der Waals surface area contributed by atoms with Gasteiger partial charge in [0.2, 0.25) is 0 Å². The molecule has 1 aromatic heterocycles. The molecule has 0 radical (unpaired) electrons. The summed E-state index contributed by atoms with van der Waals surface area (Å²) in [5.41, 5.74) is 4.33. The molecule has 1 amide bonds. The number of nitrogens with zero attached hydrogens (tertiary/aromatic N) is 2. The van der Waals surface area contributed by atoms with E-state index in [9.17, 15) is 4.79 Å². The monoisotopic (exact) mass is 321 g/mol. The molecule has 1 fully saturated rings. The molecule has 1 N–H and O–H groups in total. The highest BCUT2D eigenvalue weighted by atomic mass is 35.5. The highest BCUT2D eigenvalue weighted by Crippen LogP contribution is 2.23. The number of carbonyl (C=O) groups is 1. The topological polar surface area (TPSA) is 57.8 Å². The van der Waals surface area contributed by atoms with Crippen LogP contribution in [0.4, 0.5) is 0 Å². The smallest absolute Gasteiger partial charge is 0.254 e. The number of nitrogens with one attached hydrogen (secondary N) is 1. The van der Waals surface area contributed by atoms with Crippen molar-refractivity contribution in [1.82, 2.24) is 10.3 Å². The van der Waals surface area contributed by atoms with E-state index in [1.54, 1.807) is 6.21 Å². The quantitative estimate of drug-likeness (QED) is 0.696. The fourth-order valence-electron chi connectivity index (χ4n) is 2.70. The molecule has 3 rings (SSSR count). The van der Waals surface area contributed by atoms with E-state index in [0.29, 0.717) is 6.54 Å². The molecule has 118 valence electrons. The highest BCUT2D eigenvalue weighted by molar-refractivity contribution is 5.99. The third-order valence-electron chi connectivity index (χ3n) is 3.77.